The topological polar surface area (TPSA) is 47.1 Å². The van der Waals surface area contributed by atoms with Crippen molar-refractivity contribution in [2.75, 3.05) is 0 Å². The zero-order chi connectivity index (χ0) is 10.2. The summed E-state index contributed by atoms with van der Waals surface area (Å²) in [5.41, 5.74) is 0.748. The van der Waals surface area contributed by atoms with Crippen LogP contribution in [0, 0.1) is 0 Å². The number of H-pyrrole nitrogens is 1. The van der Waals surface area contributed by atoms with Crippen molar-refractivity contribution in [1.29, 1.82) is 0 Å². The lowest BCUT2D eigenvalue weighted by Crippen LogP contribution is -2.52. The molecule has 0 aliphatic carbocycles. The average Bonchev–Trinajstić information content (AvgIpc) is 2.51. The maximum Gasteiger partial charge on any atom is 0.513 e. The number of hydrogen-bond acceptors (Lipinski definition) is 3. The predicted octanol–water partition coefficient (Wildman–Crippen LogP) is 0.709. The van der Waals surface area contributed by atoms with Gasteiger partial charge in [0.2, 0.25) is 0 Å². The van der Waals surface area contributed by atoms with Gasteiger partial charge < -0.3 is 9.31 Å². The molecular weight excluding hydrogens is 179 g/mol. The van der Waals surface area contributed by atoms with Crippen LogP contribution in [-0.4, -0.2) is 29.0 Å². The van der Waals surface area contributed by atoms with Crippen LogP contribution in [0.2, 0.25) is 0 Å². The van der Waals surface area contributed by atoms with E-state index in [1.165, 1.54) is 0 Å². The molecule has 1 N–H and O–H groups in total. The highest BCUT2D eigenvalue weighted by atomic mass is 16.6. The highest BCUT2D eigenvalue weighted by Crippen LogP contribution is 2.25. The lowest BCUT2D eigenvalue weighted by atomic mass is 9.79. The Kier molecular flexibility index (Phi) is 2.37. The van der Waals surface area contributed by atoms with Crippen LogP contribution >= 0.6 is 0 Å². The van der Waals surface area contributed by atoms with E-state index in [-0.39, 0.29) is 18.8 Å². The van der Waals surface area contributed by atoms with Gasteiger partial charge in [-0.05, 0) is 33.3 Å². The molecule has 1 aromatic heterocycles. The third-order valence-electron chi connectivity index (χ3n) is 2.34. The maximum absolute atomic E-state index is 5.80. The standard InChI is InChI=1S/C9H15BN2O2/c1-7-6-9(2,3)14-10(13-7)8-4-5-11-12-8/h4-5,7H,6H2,1-3H3,(H,11,12)/t7-/m1/s1. The molecule has 0 spiro atoms. The van der Waals surface area contributed by atoms with Crippen molar-refractivity contribution < 1.29 is 9.31 Å². The van der Waals surface area contributed by atoms with Crippen molar-refractivity contribution in [3.63, 3.8) is 0 Å². The van der Waals surface area contributed by atoms with E-state index in [1.54, 1.807) is 6.20 Å². The Hall–Kier alpha value is -0.805. The monoisotopic (exact) mass is 194 g/mol. The fourth-order valence-corrected chi connectivity index (χ4v) is 1.85. The molecule has 14 heavy (non-hydrogen) atoms. The fraction of sp³-hybridized carbons (Fsp3) is 0.667. The molecule has 2 rings (SSSR count). The summed E-state index contributed by atoms with van der Waals surface area (Å²) in [6.07, 6.45) is 2.83. The Morgan fingerprint density at radius 2 is 2.43 bits per heavy atom. The molecule has 0 saturated carbocycles. The van der Waals surface area contributed by atoms with E-state index in [2.05, 4.69) is 31.0 Å². The second kappa shape index (κ2) is 3.40. The molecule has 1 saturated heterocycles. The molecular formula is C9H15BN2O2. The molecule has 0 bridgehead atoms. The van der Waals surface area contributed by atoms with Crippen LogP contribution in [0.15, 0.2) is 12.3 Å². The third kappa shape index (κ3) is 1.99. The van der Waals surface area contributed by atoms with Gasteiger partial charge in [0.15, 0.2) is 0 Å². The Bertz CT molecular complexity index is 300. The van der Waals surface area contributed by atoms with Gasteiger partial charge >= 0.3 is 7.12 Å². The molecule has 1 fully saturated rings. The van der Waals surface area contributed by atoms with Crippen molar-refractivity contribution in [2.24, 2.45) is 0 Å². The Morgan fingerprint density at radius 1 is 1.64 bits per heavy atom. The van der Waals surface area contributed by atoms with Gasteiger partial charge in [-0.1, -0.05) is 0 Å². The number of aromatic nitrogens is 2. The van der Waals surface area contributed by atoms with E-state index >= 15 is 0 Å². The maximum atomic E-state index is 5.80. The van der Waals surface area contributed by atoms with Gasteiger partial charge in [0.05, 0.1) is 11.2 Å². The van der Waals surface area contributed by atoms with Gasteiger partial charge in [0, 0.05) is 12.3 Å². The smallest absolute Gasteiger partial charge is 0.404 e. The molecule has 4 nitrogen and oxygen atoms in total. The van der Waals surface area contributed by atoms with E-state index in [0.717, 1.165) is 12.0 Å². The molecule has 1 atom stereocenters. The van der Waals surface area contributed by atoms with E-state index in [9.17, 15) is 0 Å². The van der Waals surface area contributed by atoms with Gasteiger partial charge in [0.1, 0.15) is 0 Å². The lowest BCUT2D eigenvalue weighted by molar-refractivity contribution is -0.0233. The van der Waals surface area contributed by atoms with Crippen LogP contribution in [0.4, 0.5) is 0 Å². The summed E-state index contributed by atoms with van der Waals surface area (Å²) in [7, 11) is -0.309. The quantitative estimate of drug-likeness (QED) is 0.669. The first kappa shape index (κ1) is 9.74. The number of hydrogen-bond donors (Lipinski definition) is 1. The third-order valence-corrected chi connectivity index (χ3v) is 2.34. The van der Waals surface area contributed by atoms with Crippen LogP contribution in [0.3, 0.4) is 0 Å². The van der Waals surface area contributed by atoms with Crippen molar-refractivity contribution in [3.05, 3.63) is 12.3 Å². The Balaban J connectivity index is 2.14. The molecule has 5 heteroatoms. The van der Waals surface area contributed by atoms with Crippen LogP contribution in [-0.2, 0) is 9.31 Å². The molecule has 1 aliphatic rings. The summed E-state index contributed by atoms with van der Waals surface area (Å²) >= 11 is 0. The minimum absolute atomic E-state index is 0.132. The van der Waals surface area contributed by atoms with Gasteiger partial charge in [-0.25, -0.2) is 0 Å². The molecule has 0 radical (unpaired) electrons. The van der Waals surface area contributed by atoms with E-state index < -0.39 is 0 Å². The fourth-order valence-electron chi connectivity index (χ4n) is 1.85. The summed E-state index contributed by atoms with van der Waals surface area (Å²) in [5.74, 6) is 0. The number of nitrogens with one attached hydrogen (secondary N) is 1. The first-order valence-corrected chi connectivity index (χ1v) is 4.89. The molecule has 1 aromatic rings. The van der Waals surface area contributed by atoms with Crippen molar-refractivity contribution >= 4 is 12.7 Å². The highest BCUT2D eigenvalue weighted by molar-refractivity contribution is 6.60. The second-order valence-electron chi connectivity index (χ2n) is 4.37. The van der Waals surface area contributed by atoms with Crippen LogP contribution in [0.25, 0.3) is 0 Å². The van der Waals surface area contributed by atoms with Crippen molar-refractivity contribution in [1.82, 2.24) is 10.2 Å². The molecule has 0 amide bonds. The number of nitrogens with zero attached hydrogens (tertiary/aromatic N) is 1. The molecule has 76 valence electrons. The largest absolute Gasteiger partial charge is 0.513 e. The zero-order valence-electron chi connectivity index (χ0n) is 8.78. The zero-order valence-corrected chi connectivity index (χ0v) is 8.78. The van der Waals surface area contributed by atoms with Gasteiger partial charge in [0.25, 0.3) is 0 Å². The van der Waals surface area contributed by atoms with E-state index in [1.807, 2.05) is 6.07 Å². The first-order valence-electron chi connectivity index (χ1n) is 4.89. The Morgan fingerprint density at radius 3 is 3.00 bits per heavy atom. The first-order chi connectivity index (χ1) is 6.57. The Labute approximate surface area is 84.1 Å². The number of rotatable bonds is 1. The average molecular weight is 194 g/mol. The predicted molar refractivity (Wildman–Crippen MR) is 54.3 cm³/mol. The molecule has 2 heterocycles. The summed E-state index contributed by atoms with van der Waals surface area (Å²) in [6, 6.07) is 1.87. The minimum Gasteiger partial charge on any atom is -0.404 e. The summed E-state index contributed by atoms with van der Waals surface area (Å²) < 4.78 is 11.5. The second-order valence-corrected chi connectivity index (χ2v) is 4.37. The highest BCUT2D eigenvalue weighted by Gasteiger charge is 2.38. The summed E-state index contributed by atoms with van der Waals surface area (Å²) in [4.78, 5) is 0. The van der Waals surface area contributed by atoms with Crippen LogP contribution < -0.4 is 5.59 Å². The minimum atomic E-state index is -0.309. The number of aromatic amines is 1. The van der Waals surface area contributed by atoms with E-state index in [0.29, 0.717) is 0 Å². The van der Waals surface area contributed by atoms with Crippen molar-refractivity contribution in [3.8, 4) is 0 Å². The van der Waals surface area contributed by atoms with Crippen molar-refractivity contribution in [2.45, 2.75) is 38.9 Å². The summed E-state index contributed by atoms with van der Waals surface area (Å²) in [6.45, 7) is 6.22. The molecule has 1 aliphatic heterocycles. The summed E-state index contributed by atoms with van der Waals surface area (Å²) in [5, 5.41) is 6.75. The molecule has 0 aromatic carbocycles. The van der Waals surface area contributed by atoms with E-state index in [4.69, 9.17) is 9.31 Å². The van der Waals surface area contributed by atoms with Gasteiger partial charge in [-0.2, -0.15) is 5.10 Å². The lowest BCUT2D eigenvalue weighted by Gasteiger charge is -2.37. The molecule has 0 unspecified atom stereocenters. The van der Waals surface area contributed by atoms with Crippen LogP contribution in [0.5, 0.6) is 0 Å². The SMILES string of the molecule is C[C@@H]1CC(C)(C)OB(c2ccn[nH]2)O1. The van der Waals surface area contributed by atoms with Crippen LogP contribution in [0.1, 0.15) is 27.2 Å². The van der Waals surface area contributed by atoms with Gasteiger partial charge in [-0.15, -0.1) is 0 Å². The normalized spacial score (nSPS) is 26.5. The van der Waals surface area contributed by atoms with Gasteiger partial charge in [-0.3, -0.25) is 5.10 Å².